The molecule has 11 heteroatoms. The van der Waals surface area contributed by atoms with E-state index >= 15 is 0 Å². The lowest BCUT2D eigenvalue weighted by molar-refractivity contribution is -0.134. The van der Waals surface area contributed by atoms with Crippen LogP contribution in [0.1, 0.15) is 31.7 Å². The van der Waals surface area contributed by atoms with Gasteiger partial charge in [0.05, 0.1) is 17.4 Å². The highest BCUT2D eigenvalue weighted by Crippen LogP contribution is 2.39. The van der Waals surface area contributed by atoms with Crippen molar-refractivity contribution in [2.24, 2.45) is 0 Å². The van der Waals surface area contributed by atoms with Crippen LogP contribution >= 0.6 is 0 Å². The molecule has 0 saturated heterocycles. The summed E-state index contributed by atoms with van der Waals surface area (Å²) < 4.78 is 46.3. The zero-order valence-corrected chi connectivity index (χ0v) is 19.5. The van der Waals surface area contributed by atoms with Crippen LogP contribution < -0.4 is 10.5 Å². The molecule has 2 heterocycles. The van der Waals surface area contributed by atoms with Crippen molar-refractivity contribution < 1.29 is 27.8 Å². The first kappa shape index (κ1) is 25.9. The van der Waals surface area contributed by atoms with E-state index < -0.39 is 36.6 Å². The molecule has 3 aromatic rings. The molecule has 0 aliphatic rings. The number of aromatic nitrogens is 3. The summed E-state index contributed by atoms with van der Waals surface area (Å²) in [5, 5.41) is 9.63. The minimum Gasteiger partial charge on any atom is -0.467 e. The van der Waals surface area contributed by atoms with Gasteiger partial charge in [0.2, 0.25) is 11.8 Å². The molecule has 1 amide bonds. The van der Waals surface area contributed by atoms with Gasteiger partial charge in [0.25, 0.3) is 12.3 Å². The van der Waals surface area contributed by atoms with Gasteiger partial charge in [0, 0.05) is 24.3 Å². The van der Waals surface area contributed by atoms with Crippen molar-refractivity contribution in [3.8, 4) is 28.3 Å². The van der Waals surface area contributed by atoms with E-state index in [2.05, 4.69) is 15.0 Å². The summed E-state index contributed by atoms with van der Waals surface area (Å²) in [4.78, 5) is 26.3. The van der Waals surface area contributed by atoms with Gasteiger partial charge >= 0.3 is 0 Å². The molecule has 3 N–H and O–H groups in total. The Morgan fingerprint density at radius 1 is 1.14 bits per heavy atom. The van der Waals surface area contributed by atoms with Crippen LogP contribution in [-0.4, -0.2) is 56.7 Å². The highest BCUT2D eigenvalue weighted by molar-refractivity contribution is 5.85. The maximum absolute atomic E-state index is 13.6. The van der Waals surface area contributed by atoms with Crippen molar-refractivity contribution in [3.05, 3.63) is 53.6 Å². The second-order valence-corrected chi connectivity index (χ2v) is 7.91. The summed E-state index contributed by atoms with van der Waals surface area (Å²) in [5.41, 5.74) is 6.87. The Morgan fingerprint density at radius 3 is 2.43 bits per heavy atom. The number of likely N-dealkylation sites (N-methyl/N-ethyl adjacent to an activating group) is 1. The Balaban J connectivity index is 2.13. The fourth-order valence-corrected chi connectivity index (χ4v) is 3.54. The fourth-order valence-electron chi connectivity index (χ4n) is 3.54. The van der Waals surface area contributed by atoms with E-state index in [0.717, 1.165) is 0 Å². The number of carbonyl (C=O) groups excluding carboxylic acids is 1. The predicted octanol–water partition coefficient (Wildman–Crippen LogP) is 3.78. The molecule has 0 fully saturated rings. The SMILES string of the molecule is CCN(CC(C)O)C(=O)COc1nc(N)nc(-c2ccc(F)cc2)c1-c1cc(C)nc(C(F)F)c1. The fraction of sp³-hybridized carbons (Fsp3) is 0.333. The summed E-state index contributed by atoms with van der Waals surface area (Å²) >= 11 is 0. The third kappa shape index (κ3) is 6.44. The van der Waals surface area contributed by atoms with Crippen LogP contribution in [0, 0.1) is 12.7 Å². The Labute approximate surface area is 200 Å². The van der Waals surface area contributed by atoms with E-state index in [1.165, 1.54) is 35.2 Å². The molecule has 0 aliphatic heterocycles. The van der Waals surface area contributed by atoms with Crippen molar-refractivity contribution in [2.45, 2.75) is 33.3 Å². The number of nitrogens with two attached hydrogens (primary N) is 1. The molecule has 0 bridgehead atoms. The third-order valence-corrected chi connectivity index (χ3v) is 5.05. The summed E-state index contributed by atoms with van der Waals surface area (Å²) in [6, 6.07) is 8.09. The van der Waals surface area contributed by atoms with Crippen molar-refractivity contribution in [1.82, 2.24) is 19.9 Å². The van der Waals surface area contributed by atoms with Crippen molar-refractivity contribution in [2.75, 3.05) is 25.4 Å². The minimum atomic E-state index is -2.83. The Bertz CT molecular complexity index is 1190. The zero-order chi connectivity index (χ0) is 25.7. The second-order valence-electron chi connectivity index (χ2n) is 7.91. The first-order valence-corrected chi connectivity index (χ1v) is 10.9. The van der Waals surface area contributed by atoms with Crippen LogP contribution in [0.25, 0.3) is 22.4 Å². The maximum Gasteiger partial charge on any atom is 0.280 e. The number of hydrogen-bond acceptors (Lipinski definition) is 7. The second kappa shape index (κ2) is 11.1. The van der Waals surface area contributed by atoms with E-state index in [9.17, 15) is 23.1 Å². The molecule has 0 saturated carbocycles. The average Bonchev–Trinajstić information content (AvgIpc) is 2.80. The predicted molar refractivity (Wildman–Crippen MR) is 124 cm³/mol. The molecule has 8 nitrogen and oxygen atoms in total. The van der Waals surface area contributed by atoms with Crippen LogP contribution in [0.4, 0.5) is 19.1 Å². The molecule has 0 aliphatic carbocycles. The van der Waals surface area contributed by atoms with Gasteiger partial charge in [0.15, 0.2) is 6.61 Å². The number of halogens is 3. The van der Waals surface area contributed by atoms with Crippen molar-refractivity contribution in [1.29, 1.82) is 0 Å². The number of anilines is 1. The number of ether oxygens (including phenoxy) is 1. The lowest BCUT2D eigenvalue weighted by Crippen LogP contribution is -2.39. The molecule has 186 valence electrons. The topological polar surface area (TPSA) is 114 Å². The Hall–Kier alpha value is -3.73. The number of nitrogen functional groups attached to an aromatic ring is 1. The first-order valence-electron chi connectivity index (χ1n) is 10.9. The molecule has 3 rings (SSSR count). The van der Waals surface area contributed by atoms with Gasteiger partial charge in [-0.2, -0.15) is 4.98 Å². The molecule has 1 unspecified atom stereocenters. The third-order valence-electron chi connectivity index (χ3n) is 5.05. The largest absolute Gasteiger partial charge is 0.467 e. The van der Waals surface area contributed by atoms with Crippen molar-refractivity contribution in [3.63, 3.8) is 0 Å². The highest BCUT2D eigenvalue weighted by Gasteiger charge is 2.23. The number of rotatable bonds is 9. The van der Waals surface area contributed by atoms with Gasteiger partial charge in [-0.05, 0) is 62.7 Å². The van der Waals surface area contributed by atoms with Gasteiger partial charge in [-0.3, -0.25) is 9.78 Å². The number of pyridine rings is 1. The van der Waals surface area contributed by atoms with E-state index in [-0.39, 0.29) is 35.2 Å². The van der Waals surface area contributed by atoms with Gasteiger partial charge < -0.3 is 20.5 Å². The maximum atomic E-state index is 13.6. The Morgan fingerprint density at radius 2 is 1.83 bits per heavy atom. The first-order chi connectivity index (χ1) is 16.6. The van der Waals surface area contributed by atoms with E-state index in [1.54, 1.807) is 26.8 Å². The molecule has 0 radical (unpaired) electrons. The number of benzene rings is 1. The van der Waals surface area contributed by atoms with Crippen LogP contribution in [0.3, 0.4) is 0 Å². The van der Waals surface area contributed by atoms with Crippen LogP contribution in [0.15, 0.2) is 36.4 Å². The number of amides is 1. The normalized spacial score (nSPS) is 12.0. The smallest absolute Gasteiger partial charge is 0.280 e. The highest BCUT2D eigenvalue weighted by atomic mass is 19.3. The van der Waals surface area contributed by atoms with E-state index in [1.807, 2.05) is 0 Å². The van der Waals surface area contributed by atoms with Gasteiger partial charge in [-0.25, -0.2) is 18.2 Å². The van der Waals surface area contributed by atoms with Gasteiger partial charge in [0.1, 0.15) is 11.5 Å². The van der Waals surface area contributed by atoms with Crippen LogP contribution in [0.5, 0.6) is 5.88 Å². The summed E-state index contributed by atoms with van der Waals surface area (Å²) in [7, 11) is 0. The molecule has 1 aromatic carbocycles. The van der Waals surface area contributed by atoms with E-state index in [0.29, 0.717) is 17.8 Å². The quantitative estimate of drug-likeness (QED) is 0.470. The van der Waals surface area contributed by atoms with Crippen LogP contribution in [-0.2, 0) is 4.79 Å². The monoisotopic (exact) mass is 489 g/mol. The van der Waals surface area contributed by atoms with Gasteiger partial charge in [-0.15, -0.1) is 0 Å². The molecular weight excluding hydrogens is 463 g/mol. The number of aliphatic hydroxyl groups is 1. The molecular formula is C24H26F3N5O3. The molecule has 0 spiro atoms. The van der Waals surface area contributed by atoms with E-state index in [4.69, 9.17) is 10.5 Å². The number of aliphatic hydroxyl groups excluding tert-OH is 1. The van der Waals surface area contributed by atoms with Gasteiger partial charge in [-0.1, -0.05) is 0 Å². The minimum absolute atomic E-state index is 0.107. The van der Waals surface area contributed by atoms with Crippen LogP contribution in [0.2, 0.25) is 0 Å². The number of alkyl halides is 2. The summed E-state index contributed by atoms with van der Waals surface area (Å²) in [5.74, 6) is -1.19. The average molecular weight is 489 g/mol. The number of carbonyl (C=O) groups is 1. The zero-order valence-electron chi connectivity index (χ0n) is 19.5. The molecule has 35 heavy (non-hydrogen) atoms. The lowest BCUT2D eigenvalue weighted by atomic mass is 9.99. The summed E-state index contributed by atoms with van der Waals surface area (Å²) in [6.45, 7) is 4.88. The number of hydrogen-bond donors (Lipinski definition) is 2. The standard InChI is InChI=1S/C24H26F3N5O3/c1-4-32(11-14(3)33)19(34)12-35-23-20(16-9-13(2)29-18(10-16)22(26)27)21(30-24(28)31-23)15-5-7-17(25)8-6-15/h5-10,14,22,33H,4,11-12H2,1-3H3,(H2,28,30,31). The van der Waals surface area contributed by atoms with Crippen molar-refractivity contribution >= 4 is 11.9 Å². The number of nitrogens with zero attached hydrogens (tertiary/aromatic N) is 4. The summed E-state index contributed by atoms with van der Waals surface area (Å²) in [6.07, 6.45) is -3.57. The Kier molecular flexibility index (Phi) is 8.23. The molecule has 2 aromatic heterocycles. The number of aryl methyl sites for hydroxylation is 1. The lowest BCUT2D eigenvalue weighted by Gasteiger charge is -2.23. The molecule has 1 atom stereocenters.